The summed E-state index contributed by atoms with van der Waals surface area (Å²) in [7, 11) is -1.77. The lowest BCUT2D eigenvalue weighted by Crippen LogP contribution is -2.41. The number of benzene rings is 1. The molecule has 3 aromatic rings. The second kappa shape index (κ2) is 8.17. The summed E-state index contributed by atoms with van der Waals surface area (Å²) in [5, 5.41) is 4.03. The zero-order valence-corrected chi connectivity index (χ0v) is 20.4. The van der Waals surface area contributed by atoms with Crippen molar-refractivity contribution in [3.05, 3.63) is 56.6 Å². The summed E-state index contributed by atoms with van der Waals surface area (Å²) in [6.45, 7) is 5.78. The molecule has 0 spiro atoms. The Hall–Kier alpha value is -2.76. The van der Waals surface area contributed by atoms with Gasteiger partial charge < -0.3 is 9.42 Å². The molecule has 1 aromatic carbocycles. The summed E-state index contributed by atoms with van der Waals surface area (Å²) in [6.07, 6.45) is 2.50. The second-order valence-electron chi connectivity index (χ2n) is 9.98. The van der Waals surface area contributed by atoms with Crippen LogP contribution >= 0.6 is 0 Å². The van der Waals surface area contributed by atoms with Crippen LogP contribution in [0.5, 0.6) is 0 Å². The van der Waals surface area contributed by atoms with Crippen LogP contribution in [0.25, 0.3) is 10.9 Å². The van der Waals surface area contributed by atoms with E-state index in [1.54, 1.807) is 23.6 Å². The molecule has 1 N–H and O–H groups in total. The Morgan fingerprint density at radius 1 is 1.21 bits per heavy atom. The summed E-state index contributed by atoms with van der Waals surface area (Å²) < 4.78 is 36.6. The molecule has 11 heteroatoms. The van der Waals surface area contributed by atoms with E-state index in [0.717, 1.165) is 36.9 Å². The third-order valence-electron chi connectivity index (χ3n) is 6.81. The maximum atomic E-state index is 13.5. The quantitative estimate of drug-likeness (QED) is 0.533. The average molecular weight is 488 g/mol. The van der Waals surface area contributed by atoms with Gasteiger partial charge in [-0.15, -0.1) is 0 Å². The van der Waals surface area contributed by atoms with Crippen molar-refractivity contribution in [3.8, 4) is 0 Å². The maximum absolute atomic E-state index is 13.5. The van der Waals surface area contributed by atoms with Crippen molar-refractivity contribution in [1.29, 1.82) is 0 Å². The monoisotopic (exact) mass is 487 g/mol. The Morgan fingerprint density at radius 2 is 1.97 bits per heavy atom. The minimum atomic E-state index is -3.81. The Kier molecular flexibility index (Phi) is 5.53. The first-order chi connectivity index (χ1) is 16.0. The van der Waals surface area contributed by atoms with Gasteiger partial charge in [0.05, 0.1) is 28.0 Å². The van der Waals surface area contributed by atoms with Gasteiger partial charge in [0.1, 0.15) is 0 Å². The molecule has 10 nitrogen and oxygen atoms in total. The minimum absolute atomic E-state index is 0.0121. The van der Waals surface area contributed by atoms with Crippen molar-refractivity contribution >= 4 is 20.9 Å². The molecule has 1 unspecified atom stereocenters. The Labute approximate surface area is 197 Å². The van der Waals surface area contributed by atoms with Crippen molar-refractivity contribution in [1.82, 2.24) is 23.9 Å². The molecule has 1 aliphatic carbocycles. The van der Waals surface area contributed by atoms with Crippen LogP contribution in [0.1, 0.15) is 37.6 Å². The summed E-state index contributed by atoms with van der Waals surface area (Å²) in [4.78, 5) is 29.1. The lowest BCUT2D eigenvalue weighted by atomic mass is 10.1. The number of nitrogens with zero attached hydrogens (tertiary/aromatic N) is 4. The van der Waals surface area contributed by atoms with Crippen LogP contribution in [-0.2, 0) is 23.1 Å². The summed E-state index contributed by atoms with van der Waals surface area (Å²) in [5.41, 5.74) is -0.355. The van der Waals surface area contributed by atoms with Gasteiger partial charge in [0.15, 0.2) is 5.76 Å². The molecule has 1 atom stereocenters. The van der Waals surface area contributed by atoms with Crippen LogP contribution in [0.15, 0.2) is 43.3 Å². The number of likely N-dealkylation sites (tertiary alicyclic amines) is 1. The van der Waals surface area contributed by atoms with E-state index in [-0.39, 0.29) is 22.7 Å². The SMILES string of the molecule is Cc1cc(Cn2c(=O)c3cc(S(=O)(=O)NC4(C)CC4)ccc3n(CC3CCN(C)C3)c2=O)on1. The molecule has 2 fully saturated rings. The van der Waals surface area contributed by atoms with E-state index in [2.05, 4.69) is 14.8 Å². The highest BCUT2D eigenvalue weighted by atomic mass is 32.2. The van der Waals surface area contributed by atoms with Crippen LogP contribution in [0.2, 0.25) is 0 Å². The Bertz CT molecular complexity index is 1480. The predicted octanol–water partition coefficient (Wildman–Crippen LogP) is 1.29. The van der Waals surface area contributed by atoms with Gasteiger partial charge in [-0.3, -0.25) is 13.9 Å². The van der Waals surface area contributed by atoms with Crippen molar-refractivity contribution in [2.75, 3.05) is 20.1 Å². The second-order valence-corrected chi connectivity index (χ2v) is 11.7. The minimum Gasteiger partial charge on any atom is -0.359 e. The fraction of sp³-hybridized carbons (Fsp3) is 0.522. The number of hydrogen-bond acceptors (Lipinski definition) is 7. The highest BCUT2D eigenvalue weighted by molar-refractivity contribution is 7.89. The van der Waals surface area contributed by atoms with Gasteiger partial charge in [0.25, 0.3) is 5.56 Å². The standard InChI is InChI=1S/C23H29N5O5S/c1-15-10-17(33-24-15)14-28-21(29)19-11-18(34(31,32)25-23(2)7-8-23)4-5-20(19)27(22(28)30)13-16-6-9-26(3)12-16/h4-5,10-11,16,25H,6-9,12-14H2,1-3H3. The molecular weight excluding hydrogens is 458 g/mol. The summed E-state index contributed by atoms with van der Waals surface area (Å²) in [5.74, 6) is 0.638. The van der Waals surface area contributed by atoms with Gasteiger partial charge in [-0.2, -0.15) is 0 Å². The van der Waals surface area contributed by atoms with Crippen molar-refractivity contribution in [3.63, 3.8) is 0 Å². The largest absolute Gasteiger partial charge is 0.359 e. The number of nitrogens with one attached hydrogen (secondary N) is 1. The maximum Gasteiger partial charge on any atom is 0.331 e. The molecular formula is C23H29N5O5S. The zero-order valence-electron chi connectivity index (χ0n) is 19.6. The fourth-order valence-electron chi connectivity index (χ4n) is 4.64. The van der Waals surface area contributed by atoms with E-state index in [1.807, 2.05) is 14.0 Å². The summed E-state index contributed by atoms with van der Waals surface area (Å²) >= 11 is 0. The number of sulfonamides is 1. The van der Waals surface area contributed by atoms with Gasteiger partial charge in [-0.25, -0.2) is 17.9 Å². The van der Waals surface area contributed by atoms with Crippen molar-refractivity contribution < 1.29 is 12.9 Å². The first-order valence-electron chi connectivity index (χ1n) is 11.5. The molecule has 0 bridgehead atoms. The van der Waals surface area contributed by atoms with E-state index in [4.69, 9.17) is 4.52 Å². The van der Waals surface area contributed by atoms with Gasteiger partial charge in [0, 0.05) is 24.7 Å². The first-order valence-corrected chi connectivity index (χ1v) is 13.0. The van der Waals surface area contributed by atoms with E-state index in [0.29, 0.717) is 23.5 Å². The molecule has 1 aliphatic heterocycles. The normalized spacial score (nSPS) is 20.3. The number of fused-ring (bicyclic) bond motifs is 1. The van der Waals surface area contributed by atoms with E-state index in [9.17, 15) is 18.0 Å². The zero-order chi connectivity index (χ0) is 24.3. The third-order valence-corrected chi connectivity index (χ3v) is 8.44. The molecule has 0 amide bonds. The van der Waals surface area contributed by atoms with E-state index < -0.39 is 26.8 Å². The Morgan fingerprint density at radius 3 is 2.59 bits per heavy atom. The topological polar surface area (TPSA) is 119 Å². The smallest absolute Gasteiger partial charge is 0.331 e. The van der Waals surface area contributed by atoms with Gasteiger partial charge in [0.2, 0.25) is 10.0 Å². The van der Waals surface area contributed by atoms with Gasteiger partial charge in [-0.05, 0) is 70.8 Å². The molecule has 1 saturated carbocycles. The third kappa shape index (κ3) is 4.35. The van der Waals surface area contributed by atoms with E-state index in [1.165, 1.54) is 12.1 Å². The lowest BCUT2D eigenvalue weighted by Gasteiger charge is -2.18. The molecule has 3 heterocycles. The molecule has 1 saturated heterocycles. The average Bonchev–Trinajstić information content (AvgIpc) is 3.14. The van der Waals surface area contributed by atoms with Crippen molar-refractivity contribution in [2.24, 2.45) is 5.92 Å². The highest BCUT2D eigenvalue weighted by Gasteiger charge is 2.41. The van der Waals surface area contributed by atoms with Gasteiger partial charge in [-0.1, -0.05) is 5.16 Å². The van der Waals surface area contributed by atoms with Crippen LogP contribution in [0.3, 0.4) is 0 Å². The molecule has 0 radical (unpaired) electrons. The molecule has 2 aliphatic rings. The van der Waals surface area contributed by atoms with Crippen molar-refractivity contribution in [2.45, 2.75) is 56.6 Å². The van der Waals surface area contributed by atoms with Crippen LogP contribution in [0, 0.1) is 12.8 Å². The molecule has 34 heavy (non-hydrogen) atoms. The predicted molar refractivity (Wildman–Crippen MR) is 126 cm³/mol. The lowest BCUT2D eigenvalue weighted by molar-refractivity contribution is 0.362. The number of hydrogen-bond donors (Lipinski definition) is 1. The van der Waals surface area contributed by atoms with Crippen LogP contribution in [-0.4, -0.2) is 53.3 Å². The number of aryl methyl sites for hydroxylation is 1. The molecule has 5 rings (SSSR count). The van der Waals surface area contributed by atoms with Crippen LogP contribution < -0.4 is 16.0 Å². The molecule has 182 valence electrons. The van der Waals surface area contributed by atoms with Crippen LogP contribution in [0.4, 0.5) is 0 Å². The van der Waals surface area contributed by atoms with E-state index >= 15 is 0 Å². The number of rotatable bonds is 7. The fourth-order valence-corrected chi connectivity index (χ4v) is 6.13. The number of aromatic nitrogens is 3. The highest BCUT2D eigenvalue weighted by Crippen LogP contribution is 2.36. The molecule has 2 aromatic heterocycles. The van der Waals surface area contributed by atoms with Gasteiger partial charge >= 0.3 is 5.69 Å². The summed E-state index contributed by atoms with van der Waals surface area (Å²) in [6, 6.07) is 6.10. The Balaban J connectivity index is 1.65. The first kappa shape index (κ1) is 23.0.